The summed E-state index contributed by atoms with van der Waals surface area (Å²) in [6, 6.07) is 11.2. The number of hydrogen-bond donors (Lipinski definition) is 0. The van der Waals surface area contributed by atoms with Gasteiger partial charge in [0.25, 0.3) is 0 Å². The van der Waals surface area contributed by atoms with Crippen LogP contribution < -0.4 is 0 Å². The molecule has 0 N–H and O–H groups in total. The lowest BCUT2D eigenvalue weighted by atomic mass is 10.1. The third-order valence-electron chi connectivity index (χ3n) is 4.24. The van der Waals surface area contributed by atoms with E-state index in [1.54, 1.807) is 6.33 Å². The Morgan fingerprint density at radius 1 is 1.25 bits per heavy atom. The van der Waals surface area contributed by atoms with Crippen LogP contribution in [-0.4, -0.2) is 39.3 Å². The Balaban J connectivity index is 1.61. The largest absolute Gasteiger partial charge is 0.303 e. The first-order valence-electron chi connectivity index (χ1n) is 7.44. The summed E-state index contributed by atoms with van der Waals surface area (Å²) in [5, 5.41) is 4.39. The summed E-state index contributed by atoms with van der Waals surface area (Å²) in [5.41, 5.74) is 1.35. The Morgan fingerprint density at radius 3 is 2.85 bits per heavy atom. The Bertz CT molecular complexity index is 534. The SMILES string of the molecule is CN1CCC[C@H]1Cc1ncnn1CCc1ccccc1. The molecule has 1 aromatic carbocycles. The molecule has 2 heterocycles. The number of likely N-dealkylation sites (tertiary alicyclic amines) is 1. The molecule has 1 aliphatic rings. The number of nitrogens with zero attached hydrogens (tertiary/aromatic N) is 4. The smallest absolute Gasteiger partial charge is 0.138 e. The van der Waals surface area contributed by atoms with Crippen LogP contribution in [0.25, 0.3) is 0 Å². The highest BCUT2D eigenvalue weighted by atomic mass is 15.3. The van der Waals surface area contributed by atoms with Gasteiger partial charge in [0.05, 0.1) is 0 Å². The minimum absolute atomic E-state index is 0.634. The molecule has 1 fully saturated rings. The highest BCUT2D eigenvalue weighted by molar-refractivity contribution is 5.14. The van der Waals surface area contributed by atoms with E-state index in [1.165, 1.54) is 24.9 Å². The molecule has 0 aliphatic carbocycles. The quantitative estimate of drug-likeness (QED) is 0.835. The highest BCUT2D eigenvalue weighted by Gasteiger charge is 2.22. The van der Waals surface area contributed by atoms with E-state index in [-0.39, 0.29) is 0 Å². The zero-order valence-electron chi connectivity index (χ0n) is 12.1. The second kappa shape index (κ2) is 6.18. The predicted molar refractivity (Wildman–Crippen MR) is 79.5 cm³/mol. The van der Waals surface area contributed by atoms with Crippen LogP contribution in [0, 0.1) is 0 Å². The average Bonchev–Trinajstić information content (AvgIpc) is 3.08. The van der Waals surface area contributed by atoms with Gasteiger partial charge < -0.3 is 4.90 Å². The topological polar surface area (TPSA) is 34.0 Å². The molecule has 4 heteroatoms. The normalized spacial score (nSPS) is 19.6. The van der Waals surface area contributed by atoms with E-state index < -0.39 is 0 Å². The molecule has 20 heavy (non-hydrogen) atoms. The predicted octanol–water partition coefficient (Wildman–Crippen LogP) is 2.16. The fourth-order valence-corrected chi connectivity index (χ4v) is 2.96. The summed E-state index contributed by atoms with van der Waals surface area (Å²) in [6.07, 6.45) is 6.31. The first-order chi connectivity index (χ1) is 9.83. The van der Waals surface area contributed by atoms with Gasteiger partial charge in [0.2, 0.25) is 0 Å². The van der Waals surface area contributed by atoms with Gasteiger partial charge in [-0.3, -0.25) is 0 Å². The monoisotopic (exact) mass is 270 g/mol. The van der Waals surface area contributed by atoms with Gasteiger partial charge >= 0.3 is 0 Å². The van der Waals surface area contributed by atoms with Crippen molar-refractivity contribution < 1.29 is 0 Å². The lowest BCUT2D eigenvalue weighted by Crippen LogP contribution is -2.28. The van der Waals surface area contributed by atoms with E-state index >= 15 is 0 Å². The molecule has 0 spiro atoms. The van der Waals surface area contributed by atoms with Crippen molar-refractivity contribution in [3.63, 3.8) is 0 Å². The van der Waals surface area contributed by atoms with E-state index in [0.717, 1.165) is 25.2 Å². The summed E-state index contributed by atoms with van der Waals surface area (Å²) < 4.78 is 2.07. The molecule has 0 bridgehead atoms. The first-order valence-corrected chi connectivity index (χ1v) is 7.44. The summed E-state index contributed by atoms with van der Waals surface area (Å²) in [7, 11) is 2.21. The molecule has 0 amide bonds. The second-order valence-corrected chi connectivity index (χ2v) is 5.62. The van der Waals surface area contributed by atoms with E-state index in [9.17, 15) is 0 Å². The average molecular weight is 270 g/mol. The van der Waals surface area contributed by atoms with Crippen LogP contribution in [0.2, 0.25) is 0 Å². The Labute approximate surface area is 120 Å². The summed E-state index contributed by atoms with van der Waals surface area (Å²) in [6.45, 7) is 2.12. The standard InChI is InChI=1S/C16H22N4/c1-19-10-5-8-15(19)12-16-17-13-18-20(16)11-9-14-6-3-2-4-7-14/h2-4,6-7,13,15H,5,8-12H2,1H3/t15-/m0/s1. The lowest BCUT2D eigenvalue weighted by molar-refractivity contribution is 0.302. The van der Waals surface area contributed by atoms with Crippen molar-refractivity contribution in [2.75, 3.05) is 13.6 Å². The second-order valence-electron chi connectivity index (χ2n) is 5.62. The molecule has 3 rings (SSSR count). The molecule has 0 unspecified atom stereocenters. The van der Waals surface area contributed by atoms with E-state index in [2.05, 4.69) is 57.0 Å². The maximum Gasteiger partial charge on any atom is 0.138 e. The molecular formula is C16H22N4. The van der Waals surface area contributed by atoms with Crippen molar-refractivity contribution in [2.45, 2.75) is 38.3 Å². The zero-order valence-corrected chi connectivity index (χ0v) is 12.1. The van der Waals surface area contributed by atoms with Gasteiger partial charge in [-0.25, -0.2) is 9.67 Å². The van der Waals surface area contributed by atoms with Crippen molar-refractivity contribution in [1.29, 1.82) is 0 Å². The van der Waals surface area contributed by atoms with Gasteiger partial charge in [-0.1, -0.05) is 30.3 Å². The van der Waals surface area contributed by atoms with Crippen LogP contribution in [0.1, 0.15) is 24.2 Å². The molecule has 1 atom stereocenters. The fourth-order valence-electron chi connectivity index (χ4n) is 2.96. The van der Waals surface area contributed by atoms with Crippen LogP contribution in [0.5, 0.6) is 0 Å². The summed E-state index contributed by atoms with van der Waals surface area (Å²) in [4.78, 5) is 6.89. The molecule has 0 saturated carbocycles. The fraction of sp³-hybridized carbons (Fsp3) is 0.500. The minimum atomic E-state index is 0.634. The van der Waals surface area contributed by atoms with Crippen LogP contribution in [0.4, 0.5) is 0 Å². The first kappa shape index (κ1) is 13.3. The van der Waals surface area contributed by atoms with Gasteiger partial charge in [-0.15, -0.1) is 0 Å². The number of benzene rings is 1. The molecule has 0 radical (unpaired) electrons. The van der Waals surface area contributed by atoms with E-state index in [4.69, 9.17) is 0 Å². The number of rotatable bonds is 5. The van der Waals surface area contributed by atoms with Gasteiger partial charge in [0.1, 0.15) is 12.2 Å². The Hall–Kier alpha value is -1.68. The van der Waals surface area contributed by atoms with Crippen molar-refractivity contribution in [3.8, 4) is 0 Å². The van der Waals surface area contributed by atoms with Gasteiger partial charge in [-0.2, -0.15) is 5.10 Å². The van der Waals surface area contributed by atoms with Gasteiger partial charge in [-0.05, 0) is 38.4 Å². The Kier molecular flexibility index (Phi) is 4.11. The van der Waals surface area contributed by atoms with Crippen molar-refractivity contribution >= 4 is 0 Å². The third-order valence-corrected chi connectivity index (χ3v) is 4.24. The van der Waals surface area contributed by atoms with Crippen LogP contribution >= 0.6 is 0 Å². The highest BCUT2D eigenvalue weighted by Crippen LogP contribution is 2.18. The molecule has 106 valence electrons. The maximum atomic E-state index is 4.45. The summed E-state index contributed by atoms with van der Waals surface area (Å²) >= 11 is 0. The molecular weight excluding hydrogens is 248 g/mol. The molecule has 2 aromatic rings. The number of hydrogen-bond acceptors (Lipinski definition) is 3. The van der Waals surface area contributed by atoms with Crippen molar-refractivity contribution in [1.82, 2.24) is 19.7 Å². The van der Waals surface area contributed by atoms with Crippen molar-refractivity contribution in [2.24, 2.45) is 0 Å². The third kappa shape index (κ3) is 3.07. The van der Waals surface area contributed by atoms with Gasteiger partial charge in [0.15, 0.2) is 0 Å². The molecule has 1 aliphatic heterocycles. The van der Waals surface area contributed by atoms with E-state index in [0.29, 0.717) is 6.04 Å². The van der Waals surface area contributed by atoms with Crippen LogP contribution in [0.3, 0.4) is 0 Å². The van der Waals surface area contributed by atoms with Gasteiger partial charge in [0, 0.05) is 19.0 Å². The summed E-state index contributed by atoms with van der Waals surface area (Å²) in [5.74, 6) is 1.12. The zero-order chi connectivity index (χ0) is 13.8. The van der Waals surface area contributed by atoms with Crippen molar-refractivity contribution in [3.05, 3.63) is 48.0 Å². The lowest BCUT2D eigenvalue weighted by Gasteiger charge is -2.19. The molecule has 4 nitrogen and oxygen atoms in total. The molecule has 1 saturated heterocycles. The van der Waals surface area contributed by atoms with E-state index in [1.807, 2.05) is 0 Å². The molecule has 1 aromatic heterocycles. The number of aryl methyl sites for hydroxylation is 2. The van der Waals surface area contributed by atoms with Crippen LogP contribution in [-0.2, 0) is 19.4 Å². The maximum absolute atomic E-state index is 4.45. The number of likely N-dealkylation sites (N-methyl/N-ethyl adjacent to an activating group) is 1. The minimum Gasteiger partial charge on any atom is -0.303 e. The van der Waals surface area contributed by atoms with Crippen LogP contribution in [0.15, 0.2) is 36.7 Å². The Morgan fingerprint density at radius 2 is 2.10 bits per heavy atom. The number of aromatic nitrogens is 3.